The van der Waals surface area contributed by atoms with Crippen LogP contribution in [0.2, 0.25) is 0 Å². The van der Waals surface area contributed by atoms with Crippen LogP contribution < -0.4 is 5.56 Å². The van der Waals surface area contributed by atoms with Gasteiger partial charge in [-0.2, -0.15) is 40.2 Å². The average molecular weight is 478 g/mol. The summed E-state index contributed by atoms with van der Waals surface area (Å²) in [6, 6.07) is 3.03. The molecule has 174 valence electrons. The van der Waals surface area contributed by atoms with Crippen LogP contribution in [0.1, 0.15) is 5.69 Å². The predicted molar refractivity (Wildman–Crippen MR) is 95.8 cm³/mol. The van der Waals surface area contributed by atoms with Crippen molar-refractivity contribution in [3.63, 3.8) is 0 Å². The lowest BCUT2D eigenvalue weighted by Gasteiger charge is -2.19. The van der Waals surface area contributed by atoms with Gasteiger partial charge in [-0.3, -0.25) is 23.4 Å². The number of halogens is 8. The van der Waals surface area contributed by atoms with Crippen molar-refractivity contribution in [2.45, 2.75) is 24.8 Å². The summed E-state index contributed by atoms with van der Waals surface area (Å²) in [4.78, 5) is 19.6. The SMILES string of the molecule is O=c1cc(C(F)(F)F)nc2n(-c3ccncc3)c(-c3cnn(CC(F)(F)C(F)(F)F)c3)cn12. The smallest absolute Gasteiger partial charge is 0.278 e. The van der Waals surface area contributed by atoms with Gasteiger partial charge in [-0.05, 0) is 12.1 Å². The highest BCUT2D eigenvalue weighted by molar-refractivity contribution is 5.65. The van der Waals surface area contributed by atoms with E-state index in [-0.39, 0.29) is 23.0 Å². The molecule has 4 rings (SSSR count). The fourth-order valence-corrected chi connectivity index (χ4v) is 3.02. The van der Waals surface area contributed by atoms with Crippen LogP contribution in [0.15, 0.2) is 54.0 Å². The monoisotopic (exact) mass is 478 g/mol. The number of pyridine rings is 1. The van der Waals surface area contributed by atoms with E-state index >= 15 is 0 Å². The van der Waals surface area contributed by atoms with E-state index in [2.05, 4.69) is 15.1 Å². The lowest BCUT2D eigenvalue weighted by molar-refractivity contribution is -0.287. The molecule has 0 N–H and O–H groups in total. The van der Waals surface area contributed by atoms with E-state index in [1.165, 1.54) is 24.5 Å². The molecule has 4 aromatic heterocycles. The minimum absolute atomic E-state index is 0.0355. The van der Waals surface area contributed by atoms with Crippen LogP contribution >= 0.6 is 0 Å². The Morgan fingerprint density at radius 1 is 0.939 bits per heavy atom. The number of nitrogens with zero attached hydrogens (tertiary/aromatic N) is 6. The minimum Gasteiger partial charge on any atom is -0.278 e. The Bertz CT molecular complexity index is 1370. The zero-order valence-corrected chi connectivity index (χ0v) is 15.9. The van der Waals surface area contributed by atoms with Crippen molar-refractivity contribution in [3.8, 4) is 16.9 Å². The standard InChI is InChI=1S/C18H10F8N6O/c19-16(20,18(24,25)26)9-30-7-10(6-28-30)12-8-31-14(33)5-13(17(21,22)23)29-15(31)32(12)11-1-3-27-4-2-11/h1-8H,9H2. The highest BCUT2D eigenvalue weighted by Crippen LogP contribution is 2.37. The summed E-state index contributed by atoms with van der Waals surface area (Å²) < 4.78 is 106. The summed E-state index contributed by atoms with van der Waals surface area (Å²) in [5.74, 6) is -5.54. The van der Waals surface area contributed by atoms with Crippen molar-refractivity contribution < 1.29 is 35.1 Å². The Hall–Kier alpha value is -3.78. The van der Waals surface area contributed by atoms with Crippen LogP contribution in [0.4, 0.5) is 35.1 Å². The summed E-state index contributed by atoms with van der Waals surface area (Å²) in [6.45, 7) is -1.82. The number of imidazole rings is 1. The third-order valence-corrected chi connectivity index (χ3v) is 4.54. The normalized spacial score (nSPS) is 13.1. The molecule has 0 aliphatic heterocycles. The first kappa shape index (κ1) is 22.4. The molecule has 4 heterocycles. The van der Waals surface area contributed by atoms with E-state index in [4.69, 9.17) is 0 Å². The Morgan fingerprint density at radius 2 is 1.61 bits per heavy atom. The first-order valence-corrected chi connectivity index (χ1v) is 8.88. The van der Waals surface area contributed by atoms with E-state index < -0.39 is 41.9 Å². The molecule has 0 aromatic carbocycles. The van der Waals surface area contributed by atoms with Crippen molar-refractivity contribution in [1.82, 2.24) is 28.7 Å². The Kier molecular flexibility index (Phi) is 5.01. The molecule has 7 nitrogen and oxygen atoms in total. The molecule has 0 fully saturated rings. The van der Waals surface area contributed by atoms with Gasteiger partial charge in [0.1, 0.15) is 6.54 Å². The number of alkyl halides is 8. The van der Waals surface area contributed by atoms with Gasteiger partial charge in [0, 0.05) is 36.4 Å². The van der Waals surface area contributed by atoms with Crippen molar-refractivity contribution in [1.29, 1.82) is 0 Å². The minimum atomic E-state index is -5.81. The number of fused-ring (bicyclic) bond motifs is 1. The maximum atomic E-state index is 13.4. The third-order valence-electron chi connectivity index (χ3n) is 4.54. The summed E-state index contributed by atoms with van der Waals surface area (Å²) >= 11 is 0. The van der Waals surface area contributed by atoms with Crippen LogP contribution in [0.3, 0.4) is 0 Å². The molecule has 0 radical (unpaired) electrons. The number of hydrogen-bond donors (Lipinski definition) is 0. The molecule has 0 atom stereocenters. The molecule has 33 heavy (non-hydrogen) atoms. The summed E-state index contributed by atoms with van der Waals surface area (Å²) in [5.41, 5.74) is -2.44. The van der Waals surface area contributed by atoms with Gasteiger partial charge in [0.15, 0.2) is 5.69 Å². The van der Waals surface area contributed by atoms with Crippen LogP contribution in [0.5, 0.6) is 0 Å². The number of hydrogen-bond acceptors (Lipinski definition) is 4. The molecule has 0 spiro atoms. The molecule has 0 saturated carbocycles. The molecule has 0 amide bonds. The third kappa shape index (κ3) is 4.05. The molecular formula is C18H10F8N6O. The Balaban J connectivity index is 1.91. The van der Waals surface area contributed by atoms with Gasteiger partial charge in [-0.1, -0.05) is 0 Å². The largest absolute Gasteiger partial charge is 0.455 e. The van der Waals surface area contributed by atoms with Gasteiger partial charge >= 0.3 is 18.3 Å². The number of aromatic nitrogens is 6. The molecule has 0 saturated heterocycles. The fraction of sp³-hybridized carbons (Fsp3) is 0.222. The quantitative estimate of drug-likeness (QED) is 0.417. The molecule has 0 unspecified atom stereocenters. The topological polar surface area (TPSA) is 70.0 Å². The highest BCUT2D eigenvalue weighted by atomic mass is 19.4. The zero-order valence-electron chi connectivity index (χ0n) is 15.9. The van der Waals surface area contributed by atoms with Crippen molar-refractivity contribution in [2.24, 2.45) is 0 Å². The van der Waals surface area contributed by atoms with E-state index in [0.29, 0.717) is 4.68 Å². The van der Waals surface area contributed by atoms with E-state index in [0.717, 1.165) is 27.6 Å². The van der Waals surface area contributed by atoms with Crippen molar-refractivity contribution in [3.05, 3.63) is 65.2 Å². The Labute approximate surface area is 177 Å². The van der Waals surface area contributed by atoms with E-state index in [1.54, 1.807) is 0 Å². The predicted octanol–water partition coefficient (Wildman–Crippen LogP) is 3.96. The summed E-state index contributed by atoms with van der Waals surface area (Å²) in [5, 5.41) is 3.50. The average Bonchev–Trinajstić information content (AvgIpc) is 3.31. The second kappa shape index (κ2) is 7.38. The highest BCUT2D eigenvalue weighted by Gasteiger charge is 2.57. The van der Waals surface area contributed by atoms with Crippen LogP contribution in [-0.2, 0) is 12.7 Å². The summed E-state index contributed by atoms with van der Waals surface area (Å²) in [7, 11) is 0. The first-order valence-electron chi connectivity index (χ1n) is 8.88. The molecular weight excluding hydrogens is 468 g/mol. The summed E-state index contributed by atoms with van der Waals surface area (Å²) in [6.07, 6.45) is -5.28. The van der Waals surface area contributed by atoms with Gasteiger partial charge in [0.05, 0.1) is 17.6 Å². The van der Waals surface area contributed by atoms with Crippen molar-refractivity contribution in [2.75, 3.05) is 0 Å². The lowest BCUT2D eigenvalue weighted by Crippen LogP contribution is -2.40. The molecule has 0 aliphatic rings. The van der Waals surface area contributed by atoms with Crippen LogP contribution in [-0.4, -0.2) is 40.8 Å². The first-order chi connectivity index (χ1) is 15.3. The van der Waals surface area contributed by atoms with Crippen molar-refractivity contribution >= 4 is 5.78 Å². The van der Waals surface area contributed by atoms with Gasteiger partial charge in [0.2, 0.25) is 5.78 Å². The van der Waals surface area contributed by atoms with E-state index in [1.807, 2.05) is 0 Å². The van der Waals surface area contributed by atoms with Gasteiger partial charge < -0.3 is 0 Å². The van der Waals surface area contributed by atoms with Gasteiger partial charge in [0.25, 0.3) is 5.56 Å². The molecule has 4 aromatic rings. The second-order valence-electron chi connectivity index (χ2n) is 6.83. The lowest BCUT2D eigenvalue weighted by atomic mass is 10.2. The molecule has 0 aliphatic carbocycles. The van der Waals surface area contributed by atoms with Crippen LogP contribution in [0.25, 0.3) is 22.7 Å². The second-order valence-corrected chi connectivity index (χ2v) is 6.83. The number of rotatable bonds is 4. The fourth-order valence-electron chi connectivity index (χ4n) is 3.02. The Morgan fingerprint density at radius 3 is 2.21 bits per heavy atom. The molecule has 15 heteroatoms. The van der Waals surface area contributed by atoms with Gasteiger partial charge in [-0.15, -0.1) is 0 Å². The maximum Gasteiger partial charge on any atom is 0.455 e. The maximum absolute atomic E-state index is 13.4. The zero-order chi connectivity index (χ0) is 24.2. The van der Waals surface area contributed by atoms with Gasteiger partial charge in [-0.25, -0.2) is 4.98 Å². The van der Waals surface area contributed by atoms with E-state index in [9.17, 15) is 39.9 Å². The molecule has 0 bridgehead atoms. The van der Waals surface area contributed by atoms with Crippen LogP contribution in [0, 0.1) is 0 Å².